The molecule has 8 N–H and O–H groups in total. The maximum Gasteiger partial charge on any atom is 0.242 e. The highest BCUT2D eigenvalue weighted by Crippen LogP contribution is 2.10. The van der Waals surface area contributed by atoms with Crippen molar-refractivity contribution in [1.82, 2.24) is 10.6 Å². The van der Waals surface area contributed by atoms with Crippen molar-refractivity contribution in [2.75, 3.05) is 13.1 Å². The summed E-state index contributed by atoms with van der Waals surface area (Å²) in [5.74, 6) is -2.91. The Bertz CT molecular complexity index is 553. The third-order valence-corrected chi connectivity index (χ3v) is 3.36. The second-order valence-corrected chi connectivity index (χ2v) is 5.32. The van der Waals surface area contributed by atoms with E-state index in [9.17, 15) is 19.2 Å². The number of nitrogens with two attached hydrogens (primary N) is 3. The number of amides is 3. The average Bonchev–Trinajstić information content (AvgIpc) is 2.58. The molecule has 0 bridgehead atoms. The van der Waals surface area contributed by atoms with Gasteiger partial charge in [0.2, 0.25) is 17.7 Å². The number of aliphatic imine (C=N–C) groups is 1. The van der Waals surface area contributed by atoms with Gasteiger partial charge in [-0.05, 0) is 12.8 Å². The minimum atomic E-state index is -0.789. The van der Waals surface area contributed by atoms with Gasteiger partial charge in [0.05, 0.1) is 6.42 Å². The predicted molar refractivity (Wildman–Crippen MR) is 91.7 cm³/mol. The first-order valence-corrected chi connectivity index (χ1v) is 7.56. The van der Waals surface area contributed by atoms with Crippen LogP contribution in [0.25, 0.3) is 0 Å². The van der Waals surface area contributed by atoms with E-state index in [-0.39, 0.29) is 18.9 Å². The number of primary amides is 1. The van der Waals surface area contributed by atoms with Crippen LogP contribution in [0.5, 0.6) is 0 Å². The van der Waals surface area contributed by atoms with Gasteiger partial charge in [-0.1, -0.05) is 0 Å². The maximum absolute atomic E-state index is 12.1. The highest BCUT2D eigenvalue weighted by Gasteiger charge is 2.29. The number of guanidine groups is 1. The van der Waals surface area contributed by atoms with E-state index in [1.807, 2.05) is 0 Å². The van der Waals surface area contributed by atoms with Crippen molar-refractivity contribution in [3.8, 4) is 12.8 Å². The molecule has 0 radical (unpaired) electrons. The first-order chi connectivity index (χ1) is 11.8. The lowest BCUT2D eigenvalue weighted by atomic mass is 9.97. The van der Waals surface area contributed by atoms with Crippen LogP contribution in [-0.2, 0) is 19.2 Å². The predicted octanol–water partition coefficient (Wildman–Crippen LogP) is -2.65. The zero-order valence-electron chi connectivity index (χ0n) is 13.9. The topological polar surface area (TPSA) is 183 Å². The van der Waals surface area contributed by atoms with Gasteiger partial charge in [-0.25, -0.2) is 0 Å². The summed E-state index contributed by atoms with van der Waals surface area (Å²) in [5.41, 5.74) is 15.5. The van der Waals surface area contributed by atoms with Gasteiger partial charge in [0.1, 0.15) is 11.8 Å². The molecule has 1 aliphatic rings. The molecule has 1 fully saturated rings. The van der Waals surface area contributed by atoms with Crippen molar-refractivity contribution in [2.45, 2.75) is 31.7 Å². The molecule has 0 spiro atoms. The third-order valence-electron chi connectivity index (χ3n) is 3.36. The van der Waals surface area contributed by atoms with E-state index in [0.29, 0.717) is 19.4 Å². The monoisotopic (exact) mass is 352 g/mol. The molecular weight excluding hydrogens is 328 g/mol. The average molecular weight is 352 g/mol. The molecule has 10 heteroatoms. The molecule has 1 aliphatic heterocycles. The third kappa shape index (κ3) is 8.95. The van der Waals surface area contributed by atoms with Gasteiger partial charge >= 0.3 is 0 Å². The van der Waals surface area contributed by atoms with Crippen molar-refractivity contribution in [3.63, 3.8) is 0 Å². The van der Waals surface area contributed by atoms with Crippen LogP contribution in [-0.4, -0.2) is 48.6 Å². The number of ketones is 1. The molecule has 1 saturated heterocycles. The number of hydrogen-bond acceptors (Lipinski definition) is 5. The molecule has 10 nitrogen and oxygen atoms in total. The van der Waals surface area contributed by atoms with E-state index < -0.39 is 41.9 Å². The fourth-order valence-electron chi connectivity index (χ4n) is 2.21. The van der Waals surface area contributed by atoms with Gasteiger partial charge in [-0.15, -0.1) is 12.8 Å². The number of hydrogen-bond donors (Lipinski definition) is 5. The van der Waals surface area contributed by atoms with Crippen molar-refractivity contribution < 1.29 is 19.2 Å². The highest BCUT2D eigenvalue weighted by molar-refractivity contribution is 6.02. The number of Topliss-reactive ketones (excluding diaryl/α,β-unsaturated/α-hetero) is 1. The first-order valence-electron chi connectivity index (χ1n) is 7.56. The Kier molecular flexibility index (Phi) is 10.0. The van der Waals surface area contributed by atoms with Crippen LogP contribution in [0.1, 0.15) is 25.7 Å². The van der Waals surface area contributed by atoms with Crippen molar-refractivity contribution in [1.29, 1.82) is 0 Å². The van der Waals surface area contributed by atoms with Gasteiger partial charge < -0.3 is 27.8 Å². The minimum absolute atomic E-state index is 0.0278. The first kappa shape index (κ1) is 21.9. The summed E-state index contributed by atoms with van der Waals surface area (Å²) >= 11 is 0. The van der Waals surface area contributed by atoms with Gasteiger partial charge in [-0.2, -0.15) is 0 Å². The molecule has 3 amide bonds. The van der Waals surface area contributed by atoms with Gasteiger partial charge in [0.15, 0.2) is 5.96 Å². The number of carbonyl (C=O) groups excluding carboxylic acids is 4. The normalized spacial score (nSPS) is 20.5. The van der Waals surface area contributed by atoms with Crippen LogP contribution in [0.3, 0.4) is 0 Å². The molecule has 1 rings (SSSR count). The van der Waals surface area contributed by atoms with Crippen LogP contribution in [0.2, 0.25) is 0 Å². The summed E-state index contributed by atoms with van der Waals surface area (Å²) in [6.07, 6.45) is 8.21. The summed E-state index contributed by atoms with van der Waals surface area (Å²) in [7, 11) is 0. The zero-order chi connectivity index (χ0) is 19.4. The second kappa shape index (κ2) is 11.4. The molecule has 1 heterocycles. The van der Waals surface area contributed by atoms with Crippen LogP contribution in [0, 0.1) is 18.8 Å². The lowest BCUT2D eigenvalue weighted by Gasteiger charge is -2.17. The molecule has 1 unspecified atom stereocenters. The molecule has 0 saturated carbocycles. The smallest absolute Gasteiger partial charge is 0.242 e. The second-order valence-electron chi connectivity index (χ2n) is 5.32. The zero-order valence-corrected chi connectivity index (χ0v) is 13.9. The SMILES string of the molecule is C#C.NC(=O)CC1CNC(=O)[C@H](CCCN=C(N)N)NC(=O)CC1=O. The van der Waals surface area contributed by atoms with Crippen LogP contribution in [0.15, 0.2) is 4.99 Å². The van der Waals surface area contributed by atoms with E-state index in [1.54, 1.807) is 0 Å². The Balaban J connectivity index is 0.00000277. The molecular formula is C15H24N6O4. The summed E-state index contributed by atoms with van der Waals surface area (Å²) in [4.78, 5) is 50.6. The summed E-state index contributed by atoms with van der Waals surface area (Å²) < 4.78 is 0. The Morgan fingerprint density at radius 2 is 1.84 bits per heavy atom. The quantitative estimate of drug-likeness (QED) is 0.114. The van der Waals surface area contributed by atoms with Crippen molar-refractivity contribution >= 4 is 29.5 Å². The fraction of sp³-hybridized carbons (Fsp3) is 0.533. The number of rotatable bonds is 6. The summed E-state index contributed by atoms with van der Waals surface area (Å²) in [5, 5.41) is 5.07. The van der Waals surface area contributed by atoms with Crippen LogP contribution in [0.4, 0.5) is 0 Å². The van der Waals surface area contributed by atoms with E-state index >= 15 is 0 Å². The molecule has 0 aromatic rings. The van der Waals surface area contributed by atoms with Crippen molar-refractivity contribution in [3.05, 3.63) is 0 Å². The molecule has 25 heavy (non-hydrogen) atoms. The van der Waals surface area contributed by atoms with E-state index in [2.05, 4.69) is 28.5 Å². The summed E-state index contributed by atoms with van der Waals surface area (Å²) in [6, 6.07) is -0.781. The fourth-order valence-corrected chi connectivity index (χ4v) is 2.21. The molecule has 138 valence electrons. The van der Waals surface area contributed by atoms with Crippen molar-refractivity contribution in [2.24, 2.45) is 28.1 Å². The van der Waals surface area contributed by atoms with E-state index in [1.165, 1.54) is 0 Å². The standard InChI is InChI=1S/C13H22N6O4.C2H2/c14-10(21)4-7-6-18-12(23)8(2-1-3-17-13(15)16)19-11(22)5-9(7)20;1-2/h7-8H,1-6H2,(H2,14,21)(H,18,23)(H,19,22)(H4,15,16,17);1-2H/t7?,8-;/m0./s1. The molecule has 0 aliphatic carbocycles. The molecule has 0 aromatic carbocycles. The number of carbonyl (C=O) groups is 4. The van der Waals surface area contributed by atoms with Crippen LogP contribution >= 0.6 is 0 Å². The maximum atomic E-state index is 12.1. The van der Waals surface area contributed by atoms with E-state index in [4.69, 9.17) is 17.2 Å². The summed E-state index contributed by atoms with van der Waals surface area (Å²) in [6.45, 7) is 0.297. The van der Waals surface area contributed by atoms with Gasteiger partial charge in [0, 0.05) is 25.4 Å². The lowest BCUT2D eigenvalue weighted by Crippen LogP contribution is -2.46. The lowest BCUT2D eigenvalue weighted by molar-refractivity contribution is -0.133. The number of nitrogens with zero attached hydrogens (tertiary/aromatic N) is 1. The Hall–Kier alpha value is -3.09. The minimum Gasteiger partial charge on any atom is -0.370 e. The van der Waals surface area contributed by atoms with Gasteiger partial charge in [-0.3, -0.25) is 24.2 Å². The molecule has 0 aromatic heterocycles. The number of nitrogens with one attached hydrogen (secondary N) is 2. The van der Waals surface area contributed by atoms with Gasteiger partial charge in [0.25, 0.3) is 0 Å². The largest absolute Gasteiger partial charge is 0.370 e. The van der Waals surface area contributed by atoms with E-state index in [0.717, 1.165) is 0 Å². The van der Waals surface area contributed by atoms with Crippen LogP contribution < -0.4 is 27.8 Å². The Labute approximate surface area is 146 Å². The number of terminal acetylenes is 1. The highest BCUT2D eigenvalue weighted by atomic mass is 16.2. The Morgan fingerprint density at radius 1 is 1.20 bits per heavy atom. The molecule has 2 atom stereocenters. The Morgan fingerprint density at radius 3 is 2.40 bits per heavy atom.